The monoisotopic (exact) mass is 790 g/mol. The number of hydrogen-bond donors (Lipinski definition) is 2. The van der Waals surface area contributed by atoms with Crippen LogP contribution >= 0.6 is 11.6 Å². The molecular formula is C46H60ClFN2O6. The van der Waals surface area contributed by atoms with Crippen molar-refractivity contribution in [1.29, 1.82) is 0 Å². The van der Waals surface area contributed by atoms with Gasteiger partial charge in [-0.15, -0.1) is 0 Å². The first-order valence-corrected chi connectivity index (χ1v) is 20.7. The molecule has 0 aromatic heterocycles. The van der Waals surface area contributed by atoms with E-state index in [1.54, 1.807) is 6.07 Å². The van der Waals surface area contributed by atoms with Gasteiger partial charge in [-0.3, -0.25) is 0 Å². The van der Waals surface area contributed by atoms with E-state index >= 15 is 0 Å². The zero-order chi connectivity index (χ0) is 39.5. The smallest absolute Gasteiger partial charge is 0.164 e. The van der Waals surface area contributed by atoms with E-state index in [0.29, 0.717) is 48.5 Å². The van der Waals surface area contributed by atoms with Gasteiger partial charge in [0.15, 0.2) is 23.0 Å². The summed E-state index contributed by atoms with van der Waals surface area (Å²) in [6, 6.07) is 26.4. The Morgan fingerprint density at radius 3 is 1.80 bits per heavy atom. The summed E-state index contributed by atoms with van der Waals surface area (Å²) in [6.45, 7) is 11.8. The first-order chi connectivity index (χ1) is 27.2. The molecule has 0 unspecified atom stereocenters. The molecule has 0 saturated heterocycles. The van der Waals surface area contributed by atoms with E-state index in [-0.39, 0.29) is 18.0 Å². The number of nitrogens with one attached hydrogen (secondary N) is 2. The largest absolute Gasteiger partial charge is 0.490 e. The minimum Gasteiger partial charge on any atom is -0.490 e. The van der Waals surface area contributed by atoms with Gasteiger partial charge in [0.05, 0.1) is 29.4 Å². The van der Waals surface area contributed by atoms with Crippen molar-refractivity contribution in [2.24, 2.45) is 0 Å². The van der Waals surface area contributed by atoms with Crippen LogP contribution in [0, 0.1) is 5.82 Å². The van der Waals surface area contributed by atoms with Crippen LogP contribution in [0.25, 0.3) is 0 Å². The Bertz CT molecular complexity index is 1740. The molecule has 2 aliphatic carbocycles. The van der Waals surface area contributed by atoms with Gasteiger partial charge in [-0.2, -0.15) is 0 Å². The summed E-state index contributed by atoms with van der Waals surface area (Å²) in [5.74, 6) is 3.96. The Morgan fingerprint density at radius 2 is 1.16 bits per heavy atom. The number of benzene rings is 4. The molecular weight excluding hydrogens is 731 g/mol. The van der Waals surface area contributed by atoms with Gasteiger partial charge in [-0.05, 0) is 139 Å². The fourth-order valence-corrected chi connectivity index (χ4v) is 6.82. The van der Waals surface area contributed by atoms with Crippen molar-refractivity contribution in [2.75, 3.05) is 26.3 Å². The van der Waals surface area contributed by atoms with Crippen LogP contribution in [-0.2, 0) is 13.1 Å². The SMILES string of the molecule is CC(C)Oc1cc(F)ccc1OCCNCc1cccc(OC2CCCC2)c1.CC(C)Oc1ccccc1OCCNCc1ccc(Cl)c(OC2CCCC2)c1. The maximum Gasteiger partial charge on any atom is 0.164 e. The maximum absolute atomic E-state index is 13.4. The highest BCUT2D eigenvalue weighted by Crippen LogP contribution is 2.32. The molecule has 4 aromatic carbocycles. The lowest BCUT2D eigenvalue weighted by atomic mass is 10.2. The average molecular weight is 791 g/mol. The van der Waals surface area contributed by atoms with Crippen molar-refractivity contribution in [2.45, 2.75) is 117 Å². The van der Waals surface area contributed by atoms with E-state index in [1.807, 2.05) is 82.3 Å². The molecule has 6 rings (SSSR count). The van der Waals surface area contributed by atoms with E-state index in [0.717, 1.165) is 73.9 Å². The predicted molar refractivity (Wildman–Crippen MR) is 222 cm³/mol. The van der Waals surface area contributed by atoms with Crippen molar-refractivity contribution in [3.63, 3.8) is 0 Å². The molecule has 2 saturated carbocycles. The maximum atomic E-state index is 13.4. The van der Waals surface area contributed by atoms with Crippen LogP contribution in [0.4, 0.5) is 4.39 Å². The minimum atomic E-state index is -0.333. The first kappa shape index (κ1) is 43.0. The van der Waals surface area contributed by atoms with Crippen molar-refractivity contribution >= 4 is 11.6 Å². The Balaban J connectivity index is 0.000000214. The molecule has 2 aliphatic rings. The third-order valence-electron chi connectivity index (χ3n) is 9.31. The van der Waals surface area contributed by atoms with Gasteiger partial charge in [0.25, 0.3) is 0 Å². The summed E-state index contributed by atoms with van der Waals surface area (Å²) >= 11 is 6.30. The quantitative estimate of drug-likeness (QED) is 0.0857. The van der Waals surface area contributed by atoms with Crippen LogP contribution in [0.1, 0.15) is 90.2 Å². The standard InChI is InChI=1S/C23H30ClNO3.C23H30FNO3/c1-17(2)27-22-10-6-5-9-21(22)26-14-13-25-16-18-11-12-20(24)23(15-18)28-19-7-3-4-8-19;1-17(2)27-23-15-19(24)10-11-22(23)26-13-12-25-16-18-6-5-9-21(14-18)28-20-7-3-4-8-20/h5-6,9-12,15,17,19,25H,3-4,7-8,13-14,16H2,1-2H3;5-6,9-11,14-15,17,20,25H,3-4,7-8,12-13,16H2,1-2H3. The summed E-state index contributed by atoms with van der Waals surface area (Å²) in [4.78, 5) is 0. The van der Waals surface area contributed by atoms with Crippen molar-refractivity contribution in [1.82, 2.24) is 10.6 Å². The van der Waals surface area contributed by atoms with Crippen LogP contribution in [0.2, 0.25) is 5.02 Å². The third-order valence-corrected chi connectivity index (χ3v) is 9.62. The Labute approximate surface area is 338 Å². The number of ether oxygens (including phenoxy) is 6. The second-order valence-electron chi connectivity index (χ2n) is 14.9. The topological polar surface area (TPSA) is 79.4 Å². The Kier molecular flexibility index (Phi) is 17.8. The van der Waals surface area contributed by atoms with Crippen LogP contribution in [0.15, 0.2) is 84.9 Å². The highest BCUT2D eigenvalue weighted by atomic mass is 35.5. The van der Waals surface area contributed by atoms with E-state index in [4.69, 9.17) is 40.0 Å². The molecule has 0 atom stereocenters. The van der Waals surface area contributed by atoms with Gasteiger partial charge in [0, 0.05) is 32.2 Å². The zero-order valence-electron chi connectivity index (χ0n) is 33.5. The van der Waals surface area contributed by atoms with Gasteiger partial charge >= 0.3 is 0 Å². The summed E-state index contributed by atoms with van der Waals surface area (Å²) in [6.07, 6.45) is 10.3. The molecule has 0 heterocycles. The fourth-order valence-electron chi connectivity index (χ4n) is 6.66. The second-order valence-corrected chi connectivity index (χ2v) is 15.3. The lowest BCUT2D eigenvalue weighted by Crippen LogP contribution is -2.21. The van der Waals surface area contributed by atoms with Crippen LogP contribution in [0.3, 0.4) is 0 Å². The molecule has 2 N–H and O–H groups in total. The van der Waals surface area contributed by atoms with Crippen molar-refractivity contribution < 1.29 is 32.8 Å². The summed E-state index contributed by atoms with van der Waals surface area (Å²) in [7, 11) is 0. The number of halogens is 2. The van der Waals surface area contributed by atoms with Gasteiger partial charge in [-0.1, -0.05) is 41.9 Å². The van der Waals surface area contributed by atoms with Crippen LogP contribution in [0.5, 0.6) is 34.5 Å². The van der Waals surface area contributed by atoms with Gasteiger partial charge < -0.3 is 39.1 Å². The molecule has 0 radical (unpaired) electrons. The molecule has 0 spiro atoms. The third kappa shape index (κ3) is 15.1. The molecule has 0 aliphatic heterocycles. The Hall–Kier alpha value is -4.18. The molecule has 2 fully saturated rings. The van der Waals surface area contributed by atoms with Crippen molar-refractivity contribution in [3.8, 4) is 34.5 Å². The highest BCUT2D eigenvalue weighted by Gasteiger charge is 2.18. The molecule has 56 heavy (non-hydrogen) atoms. The summed E-state index contributed by atoms with van der Waals surface area (Å²) in [5.41, 5.74) is 2.34. The van der Waals surface area contributed by atoms with Crippen molar-refractivity contribution in [3.05, 3.63) is 107 Å². The zero-order valence-corrected chi connectivity index (χ0v) is 34.3. The van der Waals surface area contributed by atoms with E-state index < -0.39 is 0 Å². The van der Waals surface area contributed by atoms with E-state index in [1.165, 1.54) is 43.4 Å². The second kappa shape index (κ2) is 23.1. The molecule has 8 nitrogen and oxygen atoms in total. The molecule has 0 amide bonds. The Morgan fingerprint density at radius 1 is 0.589 bits per heavy atom. The number of rotatable bonds is 20. The van der Waals surface area contributed by atoms with Crippen LogP contribution < -0.4 is 39.1 Å². The molecule has 304 valence electrons. The van der Waals surface area contributed by atoms with E-state index in [2.05, 4.69) is 22.8 Å². The normalized spacial score (nSPS) is 14.4. The lowest BCUT2D eigenvalue weighted by molar-refractivity contribution is 0.209. The summed E-state index contributed by atoms with van der Waals surface area (Å²) in [5, 5.41) is 7.46. The first-order valence-electron chi connectivity index (χ1n) is 20.3. The average Bonchev–Trinajstić information content (AvgIpc) is 3.89. The van der Waals surface area contributed by atoms with Crippen LogP contribution in [-0.4, -0.2) is 50.7 Å². The van der Waals surface area contributed by atoms with E-state index in [9.17, 15) is 4.39 Å². The fraction of sp³-hybridized carbons (Fsp3) is 0.478. The number of para-hydroxylation sites is 2. The molecule has 10 heteroatoms. The molecule has 4 aromatic rings. The number of hydrogen-bond acceptors (Lipinski definition) is 8. The highest BCUT2D eigenvalue weighted by molar-refractivity contribution is 6.32. The van der Waals surface area contributed by atoms with Gasteiger partial charge in [0.1, 0.15) is 30.5 Å². The predicted octanol–water partition coefficient (Wildman–Crippen LogP) is 10.7. The van der Waals surface area contributed by atoms with Gasteiger partial charge in [-0.25, -0.2) is 4.39 Å². The lowest BCUT2D eigenvalue weighted by Gasteiger charge is -2.16. The molecule has 0 bridgehead atoms. The minimum absolute atomic E-state index is 0.0407. The van der Waals surface area contributed by atoms with Gasteiger partial charge in [0.2, 0.25) is 0 Å². The summed E-state index contributed by atoms with van der Waals surface area (Å²) < 4.78 is 48.6.